The van der Waals surface area contributed by atoms with Crippen molar-refractivity contribution in [1.82, 2.24) is 9.80 Å². The SMILES string of the molecule is CC(C)N1CCN(CCC(N)c2cc(F)cc(F)c2)CC1. The zero-order valence-electron chi connectivity index (χ0n) is 12.9. The van der Waals surface area contributed by atoms with E-state index >= 15 is 0 Å². The fourth-order valence-corrected chi connectivity index (χ4v) is 2.78. The van der Waals surface area contributed by atoms with Gasteiger partial charge in [0.1, 0.15) is 11.6 Å². The molecule has 1 heterocycles. The third-order valence-corrected chi connectivity index (χ3v) is 4.21. The van der Waals surface area contributed by atoms with Crippen LogP contribution in [-0.2, 0) is 0 Å². The average Bonchev–Trinajstić information content (AvgIpc) is 2.44. The van der Waals surface area contributed by atoms with Gasteiger partial charge in [-0.2, -0.15) is 0 Å². The zero-order chi connectivity index (χ0) is 15.4. The molecule has 1 aromatic rings. The molecule has 2 rings (SSSR count). The maximum absolute atomic E-state index is 13.2. The molecule has 1 aliphatic heterocycles. The Morgan fingerprint density at radius 1 is 1.05 bits per heavy atom. The molecule has 0 saturated carbocycles. The molecule has 0 aromatic heterocycles. The Labute approximate surface area is 125 Å². The summed E-state index contributed by atoms with van der Waals surface area (Å²) in [4.78, 5) is 4.83. The van der Waals surface area contributed by atoms with Gasteiger partial charge in [0.2, 0.25) is 0 Å². The lowest BCUT2D eigenvalue weighted by Gasteiger charge is -2.37. The lowest BCUT2D eigenvalue weighted by Crippen LogP contribution is -2.49. The lowest BCUT2D eigenvalue weighted by molar-refractivity contribution is 0.106. The van der Waals surface area contributed by atoms with Crippen LogP contribution in [-0.4, -0.2) is 48.6 Å². The van der Waals surface area contributed by atoms with E-state index in [1.165, 1.54) is 12.1 Å². The summed E-state index contributed by atoms with van der Waals surface area (Å²) < 4.78 is 26.4. The Balaban J connectivity index is 1.80. The molecular weight excluding hydrogens is 272 g/mol. The molecule has 0 bridgehead atoms. The summed E-state index contributed by atoms with van der Waals surface area (Å²) in [7, 11) is 0. The number of benzene rings is 1. The normalized spacial score (nSPS) is 19.1. The standard InChI is InChI=1S/C16H25F2N3/c1-12(2)21-7-5-20(6-8-21)4-3-16(19)13-9-14(17)11-15(18)10-13/h9-12,16H,3-8,19H2,1-2H3. The van der Waals surface area contributed by atoms with Crippen LogP contribution in [0.2, 0.25) is 0 Å². The third kappa shape index (κ3) is 4.73. The fraction of sp³-hybridized carbons (Fsp3) is 0.625. The second kappa shape index (κ2) is 7.29. The van der Waals surface area contributed by atoms with Crippen molar-refractivity contribution in [3.63, 3.8) is 0 Å². The molecule has 5 heteroatoms. The maximum atomic E-state index is 13.2. The number of hydrogen-bond acceptors (Lipinski definition) is 3. The van der Waals surface area contributed by atoms with E-state index in [1.807, 2.05) is 0 Å². The highest BCUT2D eigenvalue weighted by atomic mass is 19.1. The Morgan fingerprint density at radius 3 is 2.14 bits per heavy atom. The van der Waals surface area contributed by atoms with Gasteiger partial charge in [0, 0.05) is 50.9 Å². The summed E-state index contributed by atoms with van der Waals surface area (Å²) >= 11 is 0. The molecular formula is C16H25F2N3. The Kier molecular flexibility index (Phi) is 5.67. The number of hydrogen-bond donors (Lipinski definition) is 1. The van der Waals surface area contributed by atoms with E-state index in [9.17, 15) is 8.78 Å². The first kappa shape index (κ1) is 16.3. The minimum absolute atomic E-state index is 0.321. The molecule has 3 nitrogen and oxygen atoms in total. The van der Waals surface area contributed by atoms with Crippen molar-refractivity contribution in [2.75, 3.05) is 32.7 Å². The van der Waals surface area contributed by atoms with Crippen molar-refractivity contribution >= 4 is 0 Å². The van der Waals surface area contributed by atoms with Gasteiger partial charge in [-0.15, -0.1) is 0 Å². The monoisotopic (exact) mass is 297 g/mol. The van der Waals surface area contributed by atoms with E-state index < -0.39 is 11.6 Å². The van der Waals surface area contributed by atoms with Crippen LogP contribution < -0.4 is 5.73 Å². The Hall–Kier alpha value is -1.04. The van der Waals surface area contributed by atoms with Gasteiger partial charge in [-0.05, 0) is 38.0 Å². The van der Waals surface area contributed by atoms with Crippen LogP contribution >= 0.6 is 0 Å². The van der Waals surface area contributed by atoms with Crippen LogP contribution in [0, 0.1) is 11.6 Å². The minimum Gasteiger partial charge on any atom is -0.324 e. The molecule has 118 valence electrons. The quantitative estimate of drug-likeness (QED) is 0.906. The molecule has 1 aliphatic rings. The van der Waals surface area contributed by atoms with Gasteiger partial charge in [-0.1, -0.05) is 0 Å². The first-order valence-corrected chi connectivity index (χ1v) is 7.63. The lowest BCUT2D eigenvalue weighted by atomic mass is 10.0. The Morgan fingerprint density at radius 2 is 1.62 bits per heavy atom. The molecule has 0 spiro atoms. The van der Waals surface area contributed by atoms with E-state index in [4.69, 9.17) is 5.73 Å². The highest BCUT2D eigenvalue weighted by Crippen LogP contribution is 2.18. The summed E-state index contributed by atoms with van der Waals surface area (Å²) in [5.74, 6) is -1.13. The average molecular weight is 297 g/mol. The molecule has 1 saturated heterocycles. The van der Waals surface area contributed by atoms with Crippen molar-refractivity contribution in [1.29, 1.82) is 0 Å². The van der Waals surface area contributed by atoms with Gasteiger partial charge in [0.05, 0.1) is 0 Å². The number of halogens is 2. The van der Waals surface area contributed by atoms with Crippen molar-refractivity contribution in [3.8, 4) is 0 Å². The largest absolute Gasteiger partial charge is 0.324 e. The molecule has 1 atom stereocenters. The highest BCUT2D eigenvalue weighted by Gasteiger charge is 2.19. The molecule has 1 fully saturated rings. The van der Waals surface area contributed by atoms with E-state index in [1.54, 1.807) is 0 Å². The second-order valence-electron chi connectivity index (χ2n) is 6.07. The smallest absolute Gasteiger partial charge is 0.126 e. The fourth-order valence-electron chi connectivity index (χ4n) is 2.78. The van der Waals surface area contributed by atoms with Crippen LogP contribution in [0.4, 0.5) is 8.78 Å². The summed E-state index contributed by atoms with van der Waals surface area (Å²) in [5, 5.41) is 0. The number of nitrogens with two attached hydrogens (primary N) is 1. The van der Waals surface area contributed by atoms with E-state index in [-0.39, 0.29) is 6.04 Å². The van der Waals surface area contributed by atoms with Crippen molar-refractivity contribution in [2.45, 2.75) is 32.4 Å². The molecule has 1 aromatic carbocycles. The molecule has 0 radical (unpaired) electrons. The first-order chi connectivity index (χ1) is 9.95. The highest BCUT2D eigenvalue weighted by molar-refractivity contribution is 5.21. The van der Waals surface area contributed by atoms with Gasteiger partial charge in [-0.25, -0.2) is 8.78 Å². The van der Waals surface area contributed by atoms with Crippen molar-refractivity contribution < 1.29 is 8.78 Å². The van der Waals surface area contributed by atoms with Crippen LogP contribution in [0.1, 0.15) is 31.9 Å². The predicted molar refractivity (Wildman–Crippen MR) is 81.1 cm³/mol. The summed E-state index contributed by atoms with van der Waals surface area (Å²) in [5.41, 5.74) is 6.59. The molecule has 2 N–H and O–H groups in total. The van der Waals surface area contributed by atoms with Crippen LogP contribution in [0.5, 0.6) is 0 Å². The molecule has 1 unspecified atom stereocenters. The number of piperazine rings is 1. The maximum Gasteiger partial charge on any atom is 0.126 e. The summed E-state index contributed by atoms with van der Waals surface area (Å²) in [6.07, 6.45) is 0.713. The van der Waals surface area contributed by atoms with Gasteiger partial charge >= 0.3 is 0 Å². The van der Waals surface area contributed by atoms with Crippen molar-refractivity contribution in [2.24, 2.45) is 5.73 Å². The molecule has 0 aliphatic carbocycles. The van der Waals surface area contributed by atoms with E-state index in [0.717, 1.165) is 38.8 Å². The van der Waals surface area contributed by atoms with Crippen LogP contribution in [0.15, 0.2) is 18.2 Å². The van der Waals surface area contributed by atoms with Crippen molar-refractivity contribution in [3.05, 3.63) is 35.4 Å². The predicted octanol–water partition coefficient (Wildman–Crippen LogP) is 2.38. The Bertz CT molecular complexity index is 437. The zero-order valence-corrected chi connectivity index (χ0v) is 12.9. The number of nitrogens with zero attached hydrogens (tertiary/aromatic N) is 2. The van der Waals surface area contributed by atoms with E-state index in [0.29, 0.717) is 18.0 Å². The van der Waals surface area contributed by atoms with Crippen LogP contribution in [0.25, 0.3) is 0 Å². The summed E-state index contributed by atoms with van der Waals surface area (Å²) in [6.45, 7) is 9.49. The van der Waals surface area contributed by atoms with E-state index in [2.05, 4.69) is 23.6 Å². The van der Waals surface area contributed by atoms with Gasteiger partial charge in [0.15, 0.2) is 0 Å². The molecule has 0 amide bonds. The second-order valence-corrected chi connectivity index (χ2v) is 6.07. The minimum atomic E-state index is -0.564. The topological polar surface area (TPSA) is 32.5 Å². The third-order valence-electron chi connectivity index (χ3n) is 4.21. The van der Waals surface area contributed by atoms with Gasteiger partial charge in [-0.3, -0.25) is 4.90 Å². The summed E-state index contributed by atoms with van der Waals surface area (Å²) in [6, 6.07) is 3.79. The van der Waals surface area contributed by atoms with Gasteiger partial charge in [0.25, 0.3) is 0 Å². The molecule has 21 heavy (non-hydrogen) atoms. The van der Waals surface area contributed by atoms with Crippen LogP contribution in [0.3, 0.4) is 0 Å². The first-order valence-electron chi connectivity index (χ1n) is 7.63. The van der Waals surface area contributed by atoms with Gasteiger partial charge < -0.3 is 10.6 Å². The number of rotatable bonds is 5.